The quantitative estimate of drug-likeness (QED) is 0.751. The van der Waals surface area contributed by atoms with Crippen LogP contribution in [-0.2, 0) is 4.74 Å². The van der Waals surface area contributed by atoms with Gasteiger partial charge in [0.15, 0.2) is 0 Å². The maximum absolute atomic E-state index is 9.24. The largest absolute Gasteiger partial charge is 0.396 e. The molecule has 1 N–H and O–H groups in total. The lowest BCUT2D eigenvalue weighted by atomic mass is 9.91. The molecule has 3 heteroatoms. The molecule has 0 bridgehead atoms. The number of methoxy groups -OCH3 is 1. The molecule has 0 spiro atoms. The first-order chi connectivity index (χ1) is 7.07. The molecule has 1 aliphatic rings. The first kappa shape index (κ1) is 12.9. The van der Waals surface area contributed by atoms with Gasteiger partial charge in [-0.25, -0.2) is 0 Å². The van der Waals surface area contributed by atoms with E-state index in [0.717, 1.165) is 19.7 Å². The normalized spacial score (nSPS) is 24.4. The predicted molar refractivity (Wildman–Crippen MR) is 61.9 cm³/mol. The molecule has 0 saturated carbocycles. The summed E-state index contributed by atoms with van der Waals surface area (Å²) >= 11 is 0. The van der Waals surface area contributed by atoms with E-state index in [0.29, 0.717) is 5.92 Å². The van der Waals surface area contributed by atoms with Gasteiger partial charge in [0, 0.05) is 32.2 Å². The van der Waals surface area contributed by atoms with Gasteiger partial charge in [0.2, 0.25) is 0 Å². The van der Waals surface area contributed by atoms with Crippen molar-refractivity contribution in [1.29, 1.82) is 0 Å². The molecular weight excluding hydrogens is 190 g/mol. The predicted octanol–water partition coefficient (Wildman–Crippen LogP) is 1.36. The lowest BCUT2D eigenvalue weighted by Gasteiger charge is -2.37. The molecule has 0 aliphatic carbocycles. The summed E-state index contributed by atoms with van der Waals surface area (Å²) in [5, 5.41) is 9.24. The van der Waals surface area contributed by atoms with E-state index >= 15 is 0 Å². The molecular formula is C12H25NO2. The SMILES string of the molecule is COCC1CCCN(CC(C)(C)CO)C1. The number of nitrogens with zero attached hydrogens (tertiary/aromatic N) is 1. The molecule has 1 saturated heterocycles. The summed E-state index contributed by atoms with van der Waals surface area (Å²) in [4.78, 5) is 2.46. The van der Waals surface area contributed by atoms with Crippen molar-refractivity contribution in [2.45, 2.75) is 26.7 Å². The van der Waals surface area contributed by atoms with Crippen LogP contribution in [-0.4, -0.2) is 50.0 Å². The Labute approximate surface area is 93.4 Å². The molecule has 0 aromatic heterocycles. The van der Waals surface area contributed by atoms with Crippen molar-refractivity contribution in [2.75, 3.05) is 40.0 Å². The zero-order valence-corrected chi connectivity index (χ0v) is 10.3. The van der Waals surface area contributed by atoms with Crippen LogP contribution in [0, 0.1) is 11.3 Å². The highest BCUT2D eigenvalue weighted by molar-refractivity contribution is 4.78. The summed E-state index contributed by atoms with van der Waals surface area (Å²) in [6.45, 7) is 8.65. The minimum Gasteiger partial charge on any atom is -0.396 e. The van der Waals surface area contributed by atoms with Crippen LogP contribution in [0.4, 0.5) is 0 Å². The average Bonchev–Trinajstić information content (AvgIpc) is 2.18. The molecule has 1 fully saturated rings. The molecule has 0 aromatic rings. The first-order valence-corrected chi connectivity index (χ1v) is 5.89. The summed E-state index contributed by atoms with van der Waals surface area (Å²) in [6, 6.07) is 0. The molecule has 1 unspecified atom stereocenters. The molecule has 0 aromatic carbocycles. The molecule has 15 heavy (non-hydrogen) atoms. The molecule has 0 radical (unpaired) electrons. The Kier molecular flexibility index (Phi) is 5.03. The van der Waals surface area contributed by atoms with E-state index in [9.17, 15) is 5.11 Å². The van der Waals surface area contributed by atoms with Crippen molar-refractivity contribution in [3.63, 3.8) is 0 Å². The number of piperidine rings is 1. The highest BCUT2D eigenvalue weighted by Gasteiger charge is 2.25. The van der Waals surface area contributed by atoms with Crippen LogP contribution in [0.25, 0.3) is 0 Å². The Morgan fingerprint density at radius 3 is 2.80 bits per heavy atom. The van der Waals surface area contributed by atoms with E-state index in [4.69, 9.17) is 4.74 Å². The van der Waals surface area contributed by atoms with Crippen LogP contribution in [0.2, 0.25) is 0 Å². The summed E-state index contributed by atoms with van der Waals surface area (Å²) in [5.41, 5.74) is 0.0228. The molecule has 1 aliphatic heterocycles. The Hall–Kier alpha value is -0.120. The number of likely N-dealkylation sites (tertiary alicyclic amines) is 1. The van der Waals surface area contributed by atoms with Gasteiger partial charge in [-0.1, -0.05) is 13.8 Å². The molecule has 1 atom stereocenters. The van der Waals surface area contributed by atoms with Crippen molar-refractivity contribution < 1.29 is 9.84 Å². The molecule has 1 rings (SSSR count). The summed E-state index contributed by atoms with van der Waals surface area (Å²) in [5.74, 6) is 0.679. The van der Waals surface area contributed by atoms with Gasteiger partial charge in [-0.15, -0.1) is 0 Å². The lowest BCUT2D eigenvalue weighted by Crippen LogP contribution is -2.43. The van der Waals surface area contributed by atoms with Crippen LogP contribution in [0.5, 0.6) is 0 Å². The maximum atomic E-state index is 9.24. The second-order valence-corrected chi connectivity index (χ2v) is 5.52. The van der Waals surface area contributed by atoms with Gasteiger partial charge < -0.3 is 14.7 Å². The van der Waals surface area contributed by atoms with Gasteiger partial charge in [-0.05, 0) is 25.3 Å². The molecule has 90 valence electrons. The van der Waals surface area contributed by atoms with Crippen molar-refractivity contribution in [2.24, 2.45) is 11.3 Å². The van der Waals surface area contributed by atoms with Gasteiger partial charge >= 0.3 is 0 Å². The minimum atomic E-state index is 0.0228. The van der Waals surface area contributed by atoms with Crippen LogP contribution in [0.1, 0.15) is 26.7 Å². The van der Waals surface area contributed by atoms with E-state index in [1.54, 1.807) is 7.11 Å². The highest BCUT2D eigenvalue weighted by atomic mass is 16.5. The lowest BCUT2D eigenvalue weighted by molar-refractivity contribution is 0.0516. The third-order valence-electron chi connectivity index (χ3n) is 3.09. The first-order valence-electron chi connectivity index (χ1n) is 5.89. The Morgan fingerprint density at radius 2 is 2.20 bits per heavy atom. The average molecular weight is 215 g/mol. The van der Waals surface area contributed by atoms with Crippen molar-refractivity contribution in [3.8, 4) is 0 Å². The van der Waals surface area contributed by atoms with Crippen molar-refractivity contribution >= 4 is 0 Å². The van der Waals surface area contributed by atoms with Crippen LogP contribution in [0.15, 0.2) is 0 Å². The van der Waals surface area contributed by atoms with Crippen LogP contribution >= 0.6 is 0 Å². The van der Waals surface area contributed by atoms with Crippen LogP contribution < -0.4 is 0 Å². The van der Waals surface area contributed by atoms with E-state index in [-0.39, 0.29) is 12.0 Å². The second-order valence-electron chi connectivity index (χ2n) is 5.52. The summed E-state index contributed by atoms with van der Waals surface area (Å²) < 4.78 is 5.21. The number of aliphatic hydroxyl groups is 1. The van der Waals surface area contributed by atoms with Gasteiger partial charge in [-0.2, -0.15) is 0 Å². The Balaban J connectivity index is 2.36. The Morgan fingerprint density at radius 1 is 1.47 bits per heavy atom. The number of ether oxygens (including phenoxy) is 1. The smallest absolute Gasteiger partial charge is 0.0502 e. The topological polar surface area (TPSA) is 32.7 Å². The fourth-order valence-corrected chi connectivity index (χ4v) is 2.32. The third kappa shape index (κ3) is 4.49. The zero-order chi connectivity index (χ0) is 11.3. The Bertz CT molecular complexity index is 180. The minimum absolute atomic E-state index is 0.0228. The summed E-state index contributed by atoms with van der Waals surface area (Å²) in [6.07, 6.45) is 2.54. The van der Waals surface area contributed by atoms with Crippen molar-refractivity contribution in [3.05, 3.63) is 0 Å². The van der Waals surface area contributed by atoms with E-state index in [2.05, 4.69) is 18.7 Å². The maximum Gasteiger partial charge on any atom is 0.0502 e. The second kappa shape index (κ2) is 5.83. The zero-order valence-electron chi connectivity index (χ0n) is 10.3. The van der Waals surface area contributed by atoms with Crippen molar-refractivity contribution in [1.82, 2.24) is 4.90 Å². The van der Waals surface area contributed by atoms with E-state index < -0.39 is 0 Å². The standard InChI is InChI=1S/C12H25NO2/c1-12(2,10-14)9-13-6-4-5-11(7-13)8-15-3/h11,14H,4-10H2,1-3H3. The van der Waals surface area contributed by atoms with Crippen LogP contribution in [0.3, 0.4) is 0 Å². The van der Waals surface area contributed by atoms with E-state index in [1.807, 2.05) is 0 Å². The van der Waals surface area contributed by atoms with Gasteiger partial charge in [0.1, 0.15) is 0 Å². The third-order valence-corrected chi connectivity index (χ3v) is 3.09. The monoisotopic (exact) mass is 215 g/mol. The van der Waals surface area contributed by atoms with E-state index in [1.165, 1.54) is 19.4 Å². The molecule has 0 amide bonds. The number of hydrogen-bond donors (Lipinski definition) is 1. The molecule has 3 nitrogen and oxygen atoms in total. The fourth-order valence-electron chi connectivity index (χ4n) is 2.32. The number of aliphatic hydroxyl groups excluding tert-OH is 1. The molecule has 1 heterocycles. The summed E-state index contributed by atoms with van der Waals surface area (Å²) in [7, 11) is 1.77. The van der Waals surface area contributed by atoms with Gasteiger partial charge in [0.25, 0.3) is 0 Å². The fraction of sp³-hybridized carbons (Fsp3) is 1.00. The van der Waals surface area contributed by atoms with Gasteiger partial charge in [0.05, 0.1) is 6.61 Å². The highest BCUT2D eigenvalue weighted by Crippen LogP contribution is 2.22. The van der Waals surface area contributed by atoms with Gasteiger partial charge in [-0.3, -0.25) is 0 Å². The number of rotatable bonds is 5. The number of hydrogen-bond acceptors (Lipinski definition) is 3.